The van der Waals surface area contributed by atoms with Gasteiger partial charge in [-0.2, -0.15) is 0 Å². The molecule has 0 spiro atoms. The lowest BCUT2D eigenvalue weighted by Crippen LogP contribution is -2.25. The molecule has 0 saturated carbocycles. The van der Waals surface area contributed by atoms with Crippen molar-refractivity contribution < 1.29 is 20.2 Å². The van der Waals surface area contributed by atoms with Crippen molar-refractivity contribution in [3.8, 4) is 16.9 Å². The lowest BCUT2D eigenvalue weighted by Gasteiger charge is -2.17. The van der Waals surface area contributed by atoms with E-state index in [9.17, 15) is 4.79 Å². The van der Waals surface area contributed by atoms with E-state index in [1.54, 1.807) is 0 Å². The maximum Gasteiger partial charge on any atom is 0.211 e. The minimum Gasteiger partial charge on any atom is -0.492 e. The van der Waals surface area contributed by atoms with E-state index >= 15 is 0 Å². The highest BCUT2D eigenvalue weighted by Crippen LogP contribution is 2.36. The van der Waals surface area contributed by atoms with E-state index in [0.717, 1.165) is 48.0 Å². The summed E-state index contributed by atoms with van der Waals surface area (Å²) in [5, 5.41) is 6.71. The van der Waals surface area contributed by atoms with Gasteiger partial charge in [-0.1, -0.05) is 5.16 Å². The summed E-state index contributed by atoms with van der Waals surface area (Å²) in [5.41, 5.74) is 3.33. The summed E-state index contributed by atoms with van der Waals surface area (Å²) in [5.74, 6) is 1.51. The molecule has 1 N–H and O–H groups in total. The minimum atomic E-state index is 0. The number of aryl methyl sites for hydroxylation is 2. The summed E-state index contributed by atoms with van der Waals surface area (Å²) in [4.78, 5) is 13.1. The van der Waals surface area contributed by atoms with Crippen LogP contribution in [0.3, 0.4) is 0 Å². The number of nitrogens with zero attached hydrogens (tertiary/aromatic N) is 2. The Bertz CT molecular complexity index is 698. The molecule has 0 unspecified atom stereocenters. The summed E-state index contributed by atoms with van der Waals surface area (Å²) in [7, 11) is 0. The number of hydrogen-bond donors (Lipinski definition) is 1. The fourth-order valence-electron chi connectivity index (χ4n) is 3.17. The second-order valence-corrected chi connectivity index (χ2v) is 6.07. The second kappa shape index (κ2) is 8.62. The fourth-order valence-corrected chi connectivity index (χ4v) is 3.17. The number of ether oxygens (including phenoxy) is 1. The van der Waals surface area contributed by atoms with Crippen LogP contribution in [0.15, 0.2) is 22.7 Å². The average Bonchev–Trinajstić information content (AvgIpc) is 3.19. The summed E-state index contributed by atoms with van der Waals surface area (Å²) in [6, 6.07) is 5.62. The van der Waals surface area contributed by atoms with Crippen molar-refractivity contribution in [2.45, 2.75) is 26.7 Å². The zero-order valence-electron chi connectivity index (χ0n) is 14.6. The van der Waals surface area contributed by atoms with Gasteiger partial charge in [-0.25, -0.2) is 0 Å². The molecule has 1 aliphatic heterocycles. The molecule has 25 heavy (non-hydrogen) atoms. The van der Waals surface area contributed by atoms with E-state index in [0.29, 0.717) is 18.7 Å². The molecule has 2 heterocycles. The van der Waals surface area contributed by atoms with Gasteiger partial charge >= 0.3 is 0 Å². The Morgan fingerprint density at radius 3 is 2.76 bits per heavy atom. The van der Waals surface area contributed by atoms with Crippen LogP contribution in [-0.4, -0.2) is 42.7 Å². The van der Waals surface area contributed by atoms with E-state index in [1.807, 2.05) is 32.0 Å². The third kappa shape index (κ3) is 4.36. The van der Waals surface area contributed by atoms with Gasteiger partial charge in [0.25, 0.3) is 0 Å². The maximum absolute atomic E-state index is 10.7. The van der Waals surface area contributed by atoms with Crippen LogP contribution in [0.4, 0.5) is 10.4 Å². The highest BCUT2D eigenvalue weighted by atomic mass is 19.0. The summed E-state index contributed by atoms with van der Waals surface area (Å²) >= 11 is 0. The predicted molar refractivity (Wildman–Crippen MR) is 96.9 cm³/mol. The molecular formula is C18H26FN3O3. The molecule has 1 saturated heterocycles. The molecule has 0 atom stereocenters. The van der Waals surface area contributed by atoms with Crippen LogP contribution in [0.1, 0.15) is 25.7 Å². The molecule has 1 aromatic heterocycles. The van der Waals surface area contributed by atoms with Gasteiger partial charge in [0, 0.05) is 19.2 Å². The first kappa shape index (κ1) is 18.9. The first-order chi connectivity index (χ1) is 11.7. The Morgan fingerprint density at radius 2 is 2.12 bits per heavy atom. The van der Waals surface area contributed by atoms with Crippen LogP contribution in [0.25, 0.3) is 11.1 Å². The zero-order valence-corrected chi connectivity index (χ0v) is 14.6. The van der Waals surface area contributed by atoms with E-state index in [2.05, 4.69) is 15.4 Å². The number of anilines is 1. The first-order valence-corrected chi connectivity index (χ1v) is 8.31. The van der Waals surface area contributed by atoms with Crippen LogP contribution in [0, 0.1) is 13.8 Å². The van der Waals surface area contributed by atoms with Crippen molar-refractivity contribution in [2.75, 3.05) is 31.6 Å². The molecule has 0 aliphatic carbocycles. The molecule has 3 rings (SSSR count). The third-order valence-electron chi connectivity index (χ3n) is 4.37. The number of carbonyl (C=O) groups is 1. The van der Waals surface area contributed by atoms with Gasteiger partial charge in [0.15, 0.2) is 0 Å². The normalized spacial score (nSPS) is 14.2. The number of rotatable bonds is 7. The number of hydrogen-bond acceptors (Lipinski definition) is 5. The van der Waals surface area contributed by atoms with Crippen molar-refractivity contribution in [1.82, 2.24) is 10.1 Å². The number of likely N-dealkylation sites (tertiary alicyclic amines) is 1. The van der Waals surface area contributed by atoms with Gasteiger partial charge in [-0.15, -0.1) is 0 Å². The quantitative estimate of drug-likeness (QED) is 0.775. The van der Waals surface area contributed by atoms with E-state index in [-0.39, 0.29) is 6.13 Å². The molecule has 1 aromatic carbocycles. The molecule has 2 aromatic rings. The number of benzene rings is 1. The van der Waals surface area contributed by atoms with Gasteiger partial charge in [-0.05, 0) is 58.0 Å². The monoisotopic (exact) mass is 351 g/mol. The van der Waals surface area contributed by atoms with Gasteiger partial charge in [0.2, 0.25) is 6.41 Å². The summed E-state index contributed by atoms with van der Waals surface area (Å²) in [6.07, 6.45) is 3.22. The van der Waals surface area contributed by atoms with Crippen molar-refractivity contribution >= 4 is 12.1 Å². The molecule has 1 amide bonds. The topological polar surface area (TPSA) is 67.6 Å². The highest BCUT2D eigenvalue weighted by molar-refractivity contribution is 5.80. The van der Waals surface area contributed by atoms with E-state index in [4.69, 9.17) is 9.26 Å². The second-order valence-electron chi connectivity index (χ2n) is 6.07. The first-order valence-electron chi connectivity index (χ1n) is 8.31. The zero-order chi connectivity index (χ0) is 16.9. The molecule has 1 fully saturated rings. The molecule has 0 bridgehead atoms. The minimum absolute atomic E-state index is 0. The third-order valence-corrected chi connectivity index (χ3v) is 4.37. The average molecular weight is 351 g/mol. The Kier molecular flexibility index (Phi) is 6.52. The van der Waals surface area contributed by atoms with Gasteiger partial charge in [0.05, 0.1) is 11.3 Å². The Hall–Kier alpha value is -2.41. The van der Waals surface area contributed by atoms with Crippen molar-refractivity contribution in [3.63, 3.8) is 0 Å². The van der Waals surface area contributed by atoms with Crippen LogP contribution in [0.5, 0.6) is 5.75 Å². The number of amides is 1. The van der Waals surface area contributed by atoms with Gasteiger partial charge in [0.1, 0.15) is 18.1 Å². The van der Waals surface area contributed by atoms with Crippen LogP contribution >= 0.6 is 0 Å². The van der Waals surface area contributed by atoms with Crippen molar-refractivity contribution in [3.05, 3.63) is 29.7 Å². The van der Waals surface area contributed by atoms with E-state index < -0.39 is 0 Å². The van der Waals surface area contributed by atoms with Gasteiger partial charge < -0.3 is 14.6 Å². The summed E-state index contributed by atoms with van der Waals surface area (Å²) < 4.78 is 11.3. The number of nitrogens with one attached hydrogen (secondary N) is 1. The van der Waals surface area contributed by atoms with Crippen molar-refractivity contribution in [1.29, 1.82) is 0 Å². The van der Waals surface area contributed by atoms with Gasteiger partial charge in [-0.3, -0.25) is 14.4 Å². The Balaban J connectivity index is 0.00000169. The molecule has 7 heteroatoms. The SMILES string of the molecule is Cc1noc(C)c1-c1cc(NC=O)ccc1OCCN1CCCC1.F.[HH]. The molecule has 6 nitrogen and oxygen atoms in total. The fraction of sp³-hybridized carbons (Fsp3) is 0.444. The van der Waals surface area contributed by atoms with Crippen LogP contribution in [0.2, 0.25) is 0 Å². The predicted octanol–water partition coefficient (Wildman–Crippen LogP) is 3.40. The maximum atomic E-state index is 10.7. The standard InChI is InChI=1S/C18H23N3O3.FH.H2/c1-13-18(14(2)24-20-13)16-11-15(19-12-22)5-6-17(16)23-10-9-21-7-3-4-8-21;;/h5-6,11-12H,3-4,7-10H2,1-2H3,(H,19,22);2*1H. The Morgan fingerprint density at radius 1 is 1.36 bits per heavy atom. The van der Waals surface area contributed by atoms with Crippen molar-refractivity contribution in [2.24, 2.45) is 0 Å². The smallest absolute Gasteiger partial charge is 0.211 e. The van der Waals surface area contributed by atoms with Crippen LogP contribution in [-0.2, 0) is 4.79 Å². The molecule has 138 valence electrons. The lowest BCUT2D eigenvalue weighted by atomic mass is 10.0. The summed E-state index contributed by atoms with van der Waals surface area (Å²) in [6.45, 7) is 7.65. The largest absolute Gasteiger partial charge is 0.492 e. The lowest BCUT2D eigenvalue weighted by molar-refractivity contribution is -0.105. The number of halogens is 1. The molecule has 1 aliphatic rings. The number of carbonyl (C=O) groups excluding carboxylic acids is 1. The number of aromatic nitrogens is 1. The molecular weight excluding hydrogens is 325 g/mol. The van der Waals surface area contributed by atoms with Crippen LogP contribution < -0.4 is 10.1 Å². The van der Waals surface area contributed by atoms with E-state index in [1.165, 1.54) is 12.8 Å². The highest BCUT2D eigenvalue weighted by Gasteiger charge is 2.17. The Labute approximate surface area is 148 Å². The molecule has 0 radical (unpaired) electrons.